The van der Waals surface area contributed by atoms with Gasteiger partial charge in [0, 0.05) is 7.11 Å². The molecule has 0 rings (SSSR count). The molecule has 0 aliphatic rings. The minimum Gasteiger partial charge on any atom is -0.428 e. The maximum atomic E-state index is 9.62. The van der Waals surface area contributed by atoms with Crippen LogP contribution in [0.4, 0.5) is 0 Å². The molecule has 4 heteroatoms. The summed E-state index contributed by atoms with van der Waals surface area (Å²) in [6.45, 7) is 4.55. The lowest BCUT2D eigenvalue weighted by atomic mass is 10.7. The molecule has 0 N–H and O–H groups in total. The Morgan fingerprint density at radius 3 is 2.30 bits per heavy atom. The zero-order chi connectivity index (χ0) is 7.98. The lowest BCUT2D eigenvalue weighted by Crippen LogP contribution is -2.20. The van der Waals surface area contributed by atoms with Crippen molar-refractivity contribution in [2.45, 2.75) is 26.4 Å². The molecular weight excluding hydrogens is 136 g/mol. The SMILES string of the molecule is COC(C)OC(C)O[C]=O. The third kappa shape index (κ3) is 4.29. The highest BCUT2D eigenvalue weighted by molar-refractivity contribution is 5.38. The molecule has 10 heavy (non-hydrogen) atoms. The molecule has 0 aliphatic heterocycles. The number of ether oxygens (including phenoxy) is 3. The molecule has 0 saturated heterocycles. The van der Waals surface area contributed by atoms with Crippen molar-refractivity contribution < 1.29 is 19.0 Å². The Balaban J connectivity index is 3.35. The summed E-state index contributed by atoms with van der Waals surface area (Å²) in [6.07, 6.45) is -0.976. The zero-order valence-corrected chi connectivity index (χ0v) is 6.29. The minimum atomic E-state index is -0.604. The average molecular weight is 147 g/mol. The van der Waals surface area contributed by atoms with Crippen molar-refractivity contribution in [1.82, 2.24) is 0 Å². The maximum Gasteiger partial charge on any atom is 0.419 e. The highest BCUT2D eigenvalue weighted by Gasteiger charge is 2.06. The van der Waals surface area contributed by atoms with E-state index in [2.05, 4.69) is 4.74 Å². The summed E-state index contributed by atoms with van der Waals surface area (Å²) in [6, 6.07) is 0. The monoisotopic (exact) mass is 147 g/mol. The molecule has 0 aromatic heterocycles. The molecule has 0 aromatic rings. The topological polar surface area (TPSA) is 44.8 Å². The number of hydrogen-bond donors (Lipinski definition) is 0. The van der Waals surface area contributed by atoms with Gasteiger partial charge in [-0.25, -0.2) is 4.79 Å². The summed E-state index contributed by atoms with van der Waals surface area (Å²) in [4.78, 5) is 9.62. The van der Waals surface area contributed by atoms with Crippen molar-refractivity contribution in [2.24, 2.45) is 0 Å². The van der Waals surface area contributed by atoms with Gasteiger partial charge in [0.15, 0.2) is 6.29 Å². The van der Waals surface area contributed by atoms with E-state index in [0.29, 0.717) is 0 Å². The van der Waals surface area contributed by atoms with Gasteiger partial charge in [0.2, 0.25) is 6.29 Å². The average Bonchev–Trinajstić information content (AvgIpc) is 1.88. The van der Waals surface area contributed by atoms with Crippen LogP contribution in [0.3, 0.4) is 0 Å². The van der Waals surface area contributed by atoms with Crippen LogP contribution in [0.15, 0.2) is 0 Å². The molecule has 2 atom stereocenters. The van der Waals surface area contributed by atoms with E-state index < -0.39 is 6.29 Å². The van der Waals surface area contributed by atoms with Gasteiger partial charge in [-0.1, -0.05) is 0 Å². The first-order valence-electron chi connectivity index (χ1n) is 2.91. The summed E-state index contributed by atoms with van der Waals surface area (Å²) < 4.78 is 14.0. The van der Waals surface area contributed by atoms with Crippen molar-refractivity contribution >= 4 is 6.47 Å². The van der Waals surface area contributed by atoms with Gasteiger partial charge in [0.25, 0.3) is 0 Å². The fraction of sp³-hybridized carbons (Fsp3) is 0.833. The molecule has 0 bridgehead atoms. The number of rotatable bonds is 5. The van der Waals surface area contributed by atoms with E-state index >= 15 is 0 Å². The summed E-state index contributed by atoms with van der Waals surface area (Å²) in [7, 11) is 1.50. The Morgan fingerprint density at radius 1 is 1.30 bits per heavy atom. The molecular formula is C6H11O4. The fourth-order valence-electron chi connectivity index (χ4n) is 0.421. The second-order valence-corrected chi connectivity index (χ2v) is 1.71. The van der Waals surface area contributed by atoms with E-state index in [-0.39, 0.29) is 6.29 Å². The van der Waals surface area contributed by atoms with Crippen molar-refractivity contribution in [1.29, 1.82) is 0 Å². The van der Waals surface area contributed by atoms with Crippen LogP contribution in [0.5, 0.6) is 0 Å². The summed E-state index contributed by atoms with van der Waals surface area (Å²) in [5.41, 5.74) is 0. The molecule has 0 spiro atoms. The smallest absolute Gasteiger partial charge is 0.419 e. The maximum absolute atomic E-state index is 9.62. The Bertz CT molecular complexity index is 93.7. The molecule has 0 aliphatic carbocycles. The van der Waals surface area contributed by atoms with Crippen molar-refractivity contribution in [3.8, 4) is 0 Å². The van der Waals surface area contributed by atoms with E-state index in [1.807, 2.05) is 0 Å². The lowest BCUT2D eigenvalue weighted by Gasteiger charge is -2.14. The van der Waals surface area contributed by atoms with E-state index in [1.165, 1.54) is 13.6 Å². The second kappa shape index (κ2) is 5.20. The Kier molecular flexibility index (Phi) is 4.88. The summed E-state index contributed by atoms with van der Waals surface area (Å²) in [5, 5.41) is 0. The predicted molar refractivity (Wildman–Crippen MR) is 33.8 cm³/mol. The van der Waals surface area contributed by atoms with Gasteiger partial charge in [0.1, 0.15) is 0 Å². The third-order valence-corrected chi connectivity index (χ3v) is 0.929. The van der Waals surface area contributed by atoms with Gasteiger partial charge in [-0.3, -0.25) is 0 Å². The third-order valence-electron chi connectivity index (χ3n) is 0.929. The first-order valence-corrected chi connectivity index (χ1v) is 2.91. The van der Waals surface area contributed by atoms with E-state index in [4.69, 9.17) is 9.47 Å². The first-order chi connectivity index (χ1) is 4.70. The van der Waals surface area contributed by atoms with Gasteiger partial charge in [0.05, 0.1) is 0 Å². The summed E-state index contributed by atoms with van der Waals surface area (Å²) >= 11 is 0. The minimum absolute atomic E-state index is 0.372. The highest BCUT2D eigenvalue weighted by atomic mass is 16.8. The zero-order valence-electron chi connectivity index (χ0n) is 6.29. The number of hydrogen-bond acceptors (Lipinski definition) is 4. The molecule has 4 nitrogen and oxygen atoms in total. The normalized spacial score (nSPS) is 15.9. The van der Waals surface area contributed by atoms with Gasteiger partial charge >= 0.3 is 6.47 Å². The van der Waals surface area contributed by atoms with Gasteiger partial charge in [-0.15, -0.1) is 0 Å². The van der Waals surface area contributed by atoms with Crippen molar-refractivity contribution in [3.63, 3.8) is 0 Å². The van der Waals surface area contributed by atoms with Gasteiger partial charge in [-0.05, 0) is 13.8 Å². The molecule has 0 heterocycles. The predicted octanol–water partition coefficient (Wildman–Crippen LogP) is 0.425. The van der Waals surface area contributed by atoms with E-state index in [9.17, 15) is 4.79 Å². The van der Waals surface area contributed by atoms with Crippen molar-refractivity contribution in [3.05, 3.63) is 0 Å². The van der Waals surface area contributed by atoms with E-state index in [1.54, 1.807) is 13.8 Å². The Labute approximate surface area is 60.1 Å². The van der Waals surface area contributed by atoms with E-state index in [0.717, 1.165) is 0 Å². The molecule has 0 saturated carbocycles. The van der Waals surface area contributed by atoms with Gasteiger partial charge < -0.3 is 14.2 Å². The molecule has 1 radical (unpaired) electrons. The van der Waals surface area contributed by atoms with Crippen molar-refractivity contribution in [2.75, 3.05) is 7.11 Å². The Hall–Kier alpha value is -0.610. The van der Waals surface area contributed by atoms with Crippen LogP contribution in [0.2, 0.25) is 0 Å². The first kappa shape index (κ1) is 9.39. The second-order valence-electron chi connectivity index (χ2n) is 1.71. The lowest BCUT2D eigenvalue weighted by molar-refractivity contribution is -0.197. The quantitative estimate of drug-likeness (QED) is 0.529. The molecule has 2 unspecified atom stereocenters. The highest BCUT2D eigenvalue weighted by Crippen LogP contribution is 1.97. The Morgan fingerprint density at radius 2 is 1.90 bits per heavy atom. The van der Waals surface area contributed by atoms with Crippen LogP contribution in [0.25, 0.3) is 0 Å². The number of carbonyl (C=O) groups excluding carboxylic acids is 1. The van der Waals surface area contributed by atoms with Crippen LogP contribution in [0.1, 0.15) is 13.8 Å². The fourth-order valence-corrected chi connectivity index (χ4v) is 0.421. The summed E-state index contributed by atoms with van der Waals surface area (Å²) in [5.74, 6) is 0. The molecule has 0 aromatic carbocycles. The molecule has 0 amide bonds. The van der Waals surface area contributed by atoms with Crippen LogP contribution in [-0.2, 0) is 19.0 Å². The largest absolute Gasteiger partial charge is 0.428 e. The molecule has 0 fully saturated rings. The van der Waals surface area contributed by atoms with Crippen LogP contribution in [0, 0.1) is 0 Å². The van der Waals surface area contributed by atoms with Crippen LogP contribution < -0.4 is 0 Å². The standard InChI is InChI=1S/C6H11O4/c1-5(8-3)10-6(2)9-4-7/h5-6H,1-3H3. The molecule has 59 valence electrons. The van der Waals surface area contributed by atoms with Crippen LogP contribution >= 0.6 is 0 Å². The number of methoxy groups -OCH3 is 1. The van der Waals surface area contributed by atoms with Gasteiger partial charge in [-0.2, -0.15) is 0 Å². The van der Waals surface area contributed by atoms with Crippen LogP contribution in [-0.4, -0.2) is 26.2 Å².